The maximum Gasteiger partial charge on any atom is 0.316 e. The molecule has 0 radical (unpaired) electrons. The third kappa shape index (κ3) is 7.99. The summed E-state index contributed by atoms with van der Waals surface area (Å²) in [6, 6.07) is 7.56. The van der Waals surface area contributed by atoms with Gasteiger partial charge in [0.05, 0.1) is 17.9 Å². The van der Waals surface area contributed by atoms with Crippen LogP contribution >= 0.6 is 11.3 Å². The van der Waals surface area contributed by atoms with Crippen molar-refractivity contribution in [2.75, 3.05) is 56.7 Å². The molecule has 4 heterocycles. The highest BCUT2D eigenvalue weighted by Crippen LogP contribution is 2.27. The molecule has 2 fully saturated rings. The van der Waals surface area contributed by atoms with E-state index in [2.05, 4.69) is 35.4 Å². The number of nitrogens with one attached hydrogen (secondary N) is 2. The van der Waals surface area contributed by atoms with Gasteiger partial charge >= 0.3 is 6.01 Å². The Morgan fingerprint density at radius 2 is 1.83 bits per heavy atom. The van der Waals surface area contributed by atoms with Crippen LogP contribution < -0.4 is 20.3 Å². The van der Waals surface area contributed by atoms with E-state index >= 15 is 0 Å². The summed E-state index contributed by atoms with van der Waals surface area (Å²) in [5.41, 5.74) is 1.97. The molecule has 11 nitrogen and oxygen atoms in total. The highest BCUT2D eigenvalue weighted by molar-refractivity contribution is 7.14. The number of hydrogen-bond donors (Lipinski definition) is 2. The second kappa shape index (κ2) is 14.5. The zero-order chi connectivity index (χ0) is 29.3. The molecular formula is C29H36FN7O4S. The molecule has 2 saturated heterocycles. The Hall–Kier alpha value is -3.68. The molecule has 0 unspecified atom stereocenters. The number of nitrogens with zero attached hydrogens (tertiary/aromatic N) is 5. The van der Waals surface area contributed by atoms with Crippen LogP contribution in [0.4, 0.5) is 15.2 Å². The van der Waals surface area contributed by atoms with E-state index in [0.29, 0.717) is 62.9 Å². The minimum atomic E-state index is -0.747. The Kier molecular flexibility index (Phi) is 10.3. The second-order valence-corrected chi connectivity index (χ2v) is 11.2. The predicted molar refractivity (Wildman–Crippen MR) is 158 cm³/mol. The third-order valence-corrected chi connectivity index (χ3v) is 8.24. The van der Waals surface area contributed by atoms with Gasteiger partial charge in [0, 0.05) is 77.0 Å². The van der Waals surface area contributed by atoms with Gasteiger partial charge in [-0.1, -0.05) is 6.07 Å². The van der Waals surface area contributed by atoms with Crippen LogP contribution in [-0.4, -0.2) is 90.4 Å². The van der Waals surface area contributed by atoms with Gasteiger partial charge in [0.15, 0.2) is 5.13 Å². The van der Waals surface area contributed by atoms with E-state index in [4.69, 9.17) is 9.47 Å². The summed E-state index contributed by atoms with van der Waals surface area (Å²) in [7, 11) is 1.57. The number of aromatic nitrogens is 3. The van der Waals surface area contributed by atoms with Gasteiger partial charge in [0.1, 0.15) is 18.0 Å². The van der Waals surface area contributed by atoms with E-state index in [1.807, 2.05) is 6.07 Å². The minimum absolute atomic E-state index is 0.0262. The Morgan fingerprint density at radius 1 is 1.07 bits per heavy atom. The van der Waals surface area contributed by atoms with Gasteiger partial charge in [-0.2, -0.15) is 0 Å². The van der Waals surface area contributed by atoms with E-state index in [0.717, 1.165) is 36.6 Å². The number of alkyl halides is 1. The van der Waals surface area contributed by atoms with Crippen LogP contribution in [0.2, 0.25) is 0 Å². The van der Waals surface area contributed by atoms with Gasteiger partial charge in [-0.25, -0.2) is 19.3 Å². The van der Waals surface area contributed by atoms with Crippen LogP contribution in [-0.2, 0) is 11.3 Å². The number of rotatable bonds is 11. The molecule has 5 rings (SSSR count). The van der Waals surface area contributed by atoms with Gasteiger partial charge in [0.2, 0.25) is 0 Å². The number of amides is 2. The highest BCUT2D eigenvalue weighted by atomic mass is 32.1. The van der Waals surface area contributed by atoms with Crippen molar-refractivity contribution in [1.29, 1.82) is 0 Å². The summed E-state index contributed by atoms with van der Waals surface area (Å²) in [4.78, 5) is 43.5. The van der Waals surface area contributed by atoms with Gasteiger partial charge in [0.25, 0.3) is 11.8 Å². The number of likely N-dealkylation sites (tertiary alicyclic amines) is 1. The van der Waals surface area contributed by atoms with Crippen molar-refractivity contribution in [2.24, 2.45) is 0 Å². The van der Waals surface area contributed by atoms with Crippen molar-refractivity contribution in [1.82, 2.24) is 25.2 Å². The zero-order valence-electron chi connectivity index (χ0n) is 23.6. The van der Waals surface area contributed by atoms with Crippen LogP contribution in [0, 0.1) is 0 Å². The fourth-order valence-electron chi connectivity index (χ4n) is 5.03. The lowest BCUT2D eigenvalue weighted by Gasteiger charge is -2.31. The van der Waals surface area contributed by atoms with Crippen molar-refractivity contribution in [3.05, 3.63) is 58.9 Å². The smallest absolute Gasteiger partial charge is 0.316 e. The summed E-state index contributed by atoms with van der Waals surface area (Å²) in [6.45, 7) is 4.14. The SMILES string of the molecule is COCCNC(=O)c1cc(CN2CCC(F)CC2)ccc1NC(=O)c1csc(N2CCC(Oc3ncccn3)CC2)n1. The number of thiazole rings is 1. The summed E-state index contributed by atoms with van der Waals surface area (Å²) < 4.78 is 24.5. The van der Waals surface area contributed by atoms with Crippen LogP contribution in [0.25, 0.3) is 0 Å². The minimum Gasteiger partial charge on any atom is -0.460 e. The summed E-state index contributed by atoms with van der Waals surface area (Å²) >= 11 is 1.41. The Morgan fingerprint density at radius 3 is 2.57 bits per heavy atom. The first kappa shape index (κ1) is 29.8. The van der Waals surface area contributed by atoms with Gasteiger partial charge < -0.3 is 25.0 Å². The van der Waals surface area contributed by atoms with Crippen molar-refractivity contribution in [3.63, 3.8) is 0 Å². The molecule has 42 heavy (non-hydrogen) atoms. The number of benzene rings is 1. The summed E-state index contributed by atoms with van der Waals surface area (Å²) in [5, 5.41) is 8.21. The quantitative estimate of drug-likeness (QED) is 0.320. The van der Waals surface area contributed by atoms with E-state index in [1.54, 1.807) is 43.1 Å². The molecule has 0 spiro atoms. The fraction of sp³-hybridized carbons (Fsp3) is 0.483. The largest absolute Gasteiger partial charge is 0.460 e. The molecule has 13 heteroatoms. The standard InChI is InChI=1S/C29H36FN7O4S/c1-40-16-11-31-26(38)23-17-20(18-36-12-5-21(30)6-13-36)3-4-24(23)34-27(39)25-19-42-29(35-25)37-14-7-22(8-15-37)41-28-32-9-2-10-33-28/h2-4,9-10,17,19,21-22H,5-8,11-16,18H2,1H3,(H,31,38)(H,34,39). The van der Waals surface area contributed by atoms with Crippen molar-refractivity contribution in [2.45, 2.75) is 44.5 Å². The molecule has 3 aromatic rings. The highest BCUT2D eigenvalue weighted by Gasteiger charge is 2.25. The number of ether oxygens (including phenoxy) is 2. The lowest BCUT2D eigenvalue weighted by molar-refractivity contribution is 0.0937. The molecule has 224 valence electrons. The molecule has 2 aliphatic heterocycles. The zero-order valence-corrected chi connectivity index (χ0v) is 24.4. The lowest BCUT2D eigenvalue weighted by atomic mass is 10.0. The van der Waals surface area contributed by atoms with E-state index in [1.165, 1.54) is 11.3 Å². The fourth-order valence-corrected chi connectivity index (χ4v) is 5.89. The molecule has 0 atom stereocenters. The number of piperidine rings is 2. The third-order valence-electron chi connectivity index (χ3n) is 7.34. The Bertz CT molecular complexity index is 1330. The molecule has 0 saturated carbocycles. The van der Waals surface area contributed by atoms with Gasteiger partial charge in [-0.05, 0) is 36.6 Å². The molecule has 2 aromatic heterocycles. The monoisotopic (exact) mass is 597 g/mol. The van der Waals surface area contributed by atoms with Crippen LogP contribution in [0.15, 0.2) is 42.0 Å². The number of anilines is 2. The first-order chi connectivity index (χ1) is 20.5. The molecule has 0 bridgehead atoms. The van der Waals surface area contributed by atoms with E-state index < -0.39 is 6.17 Å². The average molecular weight is 598 g/mol. The first-order valence-electron chi connectivity index (χ1n) is 14.2. The average Bonchev–Trinajstić information content (AvgIpc) is 3.51. The first-order valence-corrected chi connectivity index (χ1v) is 15.1. The van der Waals surface area contributed by atoms with Crippen molar-refractivity contribution in [3.8, 4) is 6.01 Å². The number of hydrogen-bond acceptors (Lipinski definition) is 10. The molecule has 0 aliphatic carbocycles. The number of carbonyl (C=O) groups is 2. The molecule has 2 aliphatic rings. The number of halogens is 1. The van der Waals surface area contributed by atoms with Gasteiger partial charge in [-0.3, -0.25) is 14.5 Å². The van der Waals surface area contributed by atoms with Crippen LogP contribution in [0.5, 0.6) is 6.01 Å². The maximum absolute atomic E-state index is 13.6. The Balaban J connectivity index is 1.22. The summed E-state index contributed by atoms with van der Waals surface area (Å²) in [5.74, 6) is -0.697. The van der Waals surface area contributed by atoms with Crippen LogP contribution in [0.3, 0.4) is 0 Å². The predicted octanol–water partition coefficient (Wildman–Crippen LogP) is 3.54. The Labute approximate surface area is 248 Å². The lowest BCUT2D eigenvalue weighted by Crippen LogP contribution is -2.38. The van der Waals surface area contributed by atoms with E-state index in [-0.39, 0.29) is 23.6 Å². The normalized spacial score (nSPS) is 16.8. The van der Waals surface area contributed by atoms with Crippen molar-refractivity contribution >= 4 is 34.0 Å². The molecule has 1 aromatic carbocycles. The van der Waals surface area contributed by atoms with Crippen molar-refractivity contribution < 1.29 is 23.5 Å². The maximum atomic E-state index is 13.6. The molecule has 2 amide bonds. The topological polar surface area (TPSA) is 122 Å². The molecule has 2 N–H and O–H groups in total. The van der Waals surface area contributed by atoms with Gasteiger partial charge in [-0.15, -0.1) is 11.3 Å². The number of carbonyl (C=O) groups excluding carboxylic acids is 2. The second-order valence-electron chi connectivity index (χ2n) is 10.4. The van der Waals surface area contributed by atoms with Crippen LogP contribution in [0.1, 0.15) is 52.1 Å². The molecular weight excluding hydrogens is 561 g/mol. The van der Waals surface area contributed by atoms with E-state index in [9.17, 15) is 14.0 Å². The number of methoxy groups -OCH3 is 1. The summed E-state index contributed by atoms with van der Waals surface area (Å²) in [6.07, 6.45) is 5.21.